The van der Waals surface area contributed by atoms with Gasteiger partial charge in [0, 0.05) is 12.7 Å². The molecule has 0 amide bonds. The van der Waals surface area contributed by atoms with E-state index < -0.39 is 0 Å². The number of nitrogens with two attached hydrogens (primary N) is 1. The molecular weight excluding hydrogens is 250 g/mol. The summed E-state index contributed by atoms with van der Waals surface area (Å²) in [6.07, 6.45) is 1.81. The van der Waals surface area contributed by atoms with Gasteiger partial charge in [-0.1, -0.05) is 12.1 Å². The predicted molar refractivity (Wildman–Crippen MR) is 83.0 cm³/mol. The molecule has 0 aliphatic heterocycles. The Kier molecular flexibility index (Phi) is 4.82. The highest BCUT2D eigenvalue weighted by Gasteiger charge is 2.12. The van der Waals surface area contributed by atoms with Crippen LogP contribution in [0.4, 0.5) is 11.4 Å². The maximum Gasteiger partial charge on any atom is 0.144 e. The van der Waals surface area contributed by atoms with Crippen LogP contribution in [-0.2, 0) is 6.54 Å². The van der Waals surface area contributed by atoms with E-state index in [9.17, 15) is 0 Å². The molecule has 0 atom stereocenters. The van der Waals surface area contributed by atoms with Crippen molar-refractivity contribution in [1.29, 1.82) is 0 Å². The van der Waals surface area contributed by atoms with Gasteiger partial charge >= 0.3 is 0 Å². The van der Waals surface area contributed by atoms with E-state index in [2.05, 4.69) is 16.8 Å². The Morgan fingerprint density at radius 3 is 2.65 bits per heavy atom. The highest BCUT2D eigenvalue weighted by molar-refractivity contribution is 5.74. The number of benzene rings is 1. The van der Waals surface area contributed by atoms with Crippen LogP contribution in [0, 0.1) is 0 Å². The zero-order chi connectivity index (χ0) is 14.4. The SMILES string of the molecule is CCOc1cccc(N(CC)Cc2ccccn2)c1N. The molecule has 20 heavy (non-hydrogen) atoms. The zero-order valence-electron chi connectivity index (χ0n) is 12.0. The number of para-hydroxylation sites is 1. The van der Waals surface area contributed by atoms with E-state index in [4.69, 9.17) is 10.5 Å². The average Bonchev–Trinajstić information content (AvgIpc) is 2.49. The molecule has 0 unspecified atom stereocenters. The molecule has 1 aromatic heterocycles. The number of hydrogen-bond donors (Lipinski definition) is 1. The first-order valence-electron chi connectivity index (χ1n) is 6.92. The van der Waals surface area contributed by atoms with E-state index in [1.165, 1.54) is 0 Å². The topological polar surface area (TPSA) is 51.4 Å². The van der Waals surface area contributed by atoms with Gasteiger partial charge in [-0.3, -0.25) is 4.98 Å². The maximum absolute atomic E-state index is 6.21. The first-order valence-corrected chi connectivity index (χ1v) is 6.92. The van der Waals surface area contributed by atoms with Gasteiger partial charge in [-0.05, 0) is 38.1 Å². The molecule has 0 fully saturated rings. The number of nitrogen functional groups attached to an aromatic ring is 1. The monoisotopic (exact) mass is 271 g/mol. The largest absolute Gasteiger partial charge is 0.492 e. The van der Waals surface area contributed by atoms with Crippen LogP contribution in [-0.4, -0.2) is 18.1 Å². The van der Waals surface area contributed by atoms with E-state index in [0.29, 0.717) is 12.3 Å². The summed E-state index contributed by atoms with van der Waals surface area (Å²) in [5.41, 5.74) is 8.91. The van der Waals surface area contributed by atoms with Crippen LogP contribution in [0.25, 0.3) is 0 Å². The molecule has 4 heteroatoms. The van der Waals surface area contributed by atoms with Crippen molar-refractivity contribution in [3.63, 3.8) is 0 Å². The zero-order valence-corrected chi connectivity index (χ0v) is 12.0. The highest BCUT2D eigenvalue weighted by Crippen LogP contribution is 2.32. The Morgan fingerprint density at radius 1 is 1.15 bits per heavy atom. The van der Waals surface area contributed by atoms with Gasteiger partial charge in [-0.15, -0.1) is 0 Å². The fourth-order valence-electron chi connectivity index (χ4n) is 2.14. The number of pyridine rings is 1. The summed E-state index contributed by atoms with van der Waals surface area (Å²) in [6.45, 7) is 6.26. The van der Waals surface area contributed by atoms with Crippen molar-refractivity contribution in [1.82, 2.24) is 4.98 Å². The lowest BCUT2D eigenvalue weighted by Gasteiger charge is -2.25. The fraction of sp³-hybridized carbons (Fsp3) is 0.312. The molecule has 0 bridgehead atoms. The number of anilines is 2. The second-order valence-corrected chi connectivity index (χ2v) is 4.46. The van der Waals surface area contributed by atoms with E-state index in [1.54, 1.807) is 0 Å². The third-order valence-electron chi connectivity index (χ3n) is 3.14. The predicted octanol–water partition coefficient (Wildman–Crippen LogP) is 3.09. The van der Waals surface area contributed by atoms with E-state index in [0.717, 1.165) is 30.2 Å². The third kappa shape index (κ3) is 3.20. The van der Waals surface area contributed by atoms with E-state index in [-0.39, 0.29) is 0 Å². The van der Waals surface area contributed by atoms with Crippen LogP contribution in [0.1, 0.15) is 19.5 Å². The Balaban J connectivity index is 2.25. The molecule has 0 saturated heterocycles. The van der Waals surface area contributed by atoms with Crippen LogP contribution in [0.3, 0.4) is 0 Å². The number of ether oxygens (including phenoxy) is 1. The molecule has 2 aromatic rings. The van der Waals surface area contributed by atoms with Gasteiger partial charge in [0.1, 0.15) is 5.75 Å². The minimum Gasteiger partial charge on any atom is -0.492 e. The molecule has 1 heterocycles. The van der Waals surface area contributed by atoms with Gasteiger partial charge in [-0.2, -0.15) is 0 Å². The van der Waals surface area contributed by atoms with Crippen molar-refractivity contribution in [3.8, 4) is 5.75 Å². The molecule has 4 nitrogen and oxygen atoms in total. The molecule has 1 aromatic carbocycles. The Bertz CT molecular complexity index is 543. The summed E-state index contributed by atoms with van der Waals surface area (Å²) in [4.78, 5) is 6.56. The minimum absolute atomic E-state index is 0.611. The highest BCUT2D eigenvalue weighted by atomic mass is 16.5. The number of hydrogen-bond acceptors (Lipinski definition) is 4. The molecule has 0 radical (unpaired) electrons. The summed E-state index contributed by atoms with van der Waals surface area (Å²) in [7, 11) is 0. The van der Waals surface area contributed by atoms with E-state index in [1.807, 2.05) is 49.5 Å². The van der Waals surface area contributed by atoms with Crippen LogP contribution >= 0.6 is 0 Å². The van der Waals surface area contributed by atoms with Crippen LogP contribution < -0.4 is 15.4 Å². The van der Waals surface area contributed by atoms with Crippen LogP contribution in [0.2, 0.25) is 0 Å². The lowest BCUT2D eigenvalue weighted by Crippen LogP contribution is -2.23. The lowest BCUT2D eigenvalue weighted by molar-refractivity contribution is 0.342. The van der Waals surface area contributed by atoms with Gasteiger partial charge in [-0.25, -0.2) is 0 Å². The summed E-state index contributed by atoms with van der Waals surface area (Å²) >= 11 is 0. The standard InChI is InChI=1S/C16H21N3O/c1-3-19(12-13-8-5-6-11-18-13)14-9-7-10-15(16(14)17)20-4-2/h5-11H,3-4,12,17H2,1-2H3. The van der Waals surface area contributed by atoms with Gasteiger partial charge < -0.3 is 15.4 Å². The van der Waals surface area contributed by atoms with Crippen LogP contribution in [0.5, 0.6) is 5.75 Å². The Morgan fingerprint density at radius 2 is 2.00 bits per heavy atom. The number of nitrogens with zero attached hydrogens (tertiary/aromatic N) is 2. The van der Waals surface area contributed by atoms with Crippen molar-refractivity contribution >= 4 is 11.4 Å². The molecule has 0 spiro atoms. The van der Waals surface area contributed by atoms with Crippen molar-refractivity contribution in [2.45, 2.75) is 20.4 Å². The fourth-order valence-corrected chi connectivity index (χ4v) is 2.14. The molecule has 106 valence electrons. The number of rotatable bonds is 6. The van der Waals surface area contributed by atoms with Gasteiger partial charge in [0.05, 0.1) is 30.2 Å². The van der Waals surface area contributed by atoms with Crippen molar-refractivity contribution in [3.05, 3.63) is 48.3 Å². The van der Waals surface area contributed by atoms with Crippen molar-refractivity contribution < 1.29 is 4.74 Å². The maximum atomic E-state index is 6.21. The number of aromatic nitrogens is 1. The van der Waals surface area contributed by atoms with Gasteiger partial charge in [0.25, 0.3) is 0 Å². The summed E-state index contributed by atoms with van der Waals surface area (Å²) in [6, 6.07) is 11.8. The Labute approximate surface area is 120 Å². The first kappa shape index (κ1) is 14.2. The molecule has 0 saturated carbocycles. The lowest BCUT2D eigenvalue weighted by atomic mass is 10.2. The summed E-state index contributed by atoms with van der Waals surface area (Å²) in [5.74, 6) is 0.740. The van der Waals surface area contributed by atoms with Crippen molar-refractivity contribution in [2.24, 2.45) is 0 Å². The normalized spacial score (nSPS) is 10.3. The van der Waals surface area contributed by atoms with Gasteiger partial charge in [0.2, 0.25) is 0 Å². The summed E-state index contributed by atoms with van der Waals surface area (Å²) < 4.78 is 5.55. The van der Waals surface area contributed by atoms with Crippen molar-refractivity contribution in [2.75, 3.05) is 23.8 Å². The summed E-state index contributed by atoms with van der Waals surface area (Å²) in [5, 5.41) is 0. The average molecular weight is 271 g/mol. The molecular formula is C16H21N3O. The third-order valence-corrected chi connectivity index (χ3v) is 3.14. The Hall–Kier alpha value is -2.23. The molecule has 0 aliphatic carbocycles. The quantitative estimate of drug-likeness (QED) is 0.820. The second kappa shape index (κ2) is 6.80. The molecule has 0 aliphatic rings. The van der Waals surface area contributed by atoms with Gasteiger partial charge in [0.15, 0.2) is 0 Å². The second-order valence-electron chi connectivity index (χ2n) is 4.46. The molecule has 2 N–H and O–H groups in total. The first-order chi connectivity index (χ1) is 9.76. The van der Waals surface area contributed by atoms with E-state index >= 15 is 0 Å². The smallest absolute Gasteiger partial charge is 0.144 e. The minimum atomic E-state index is 0.611. The van der Waals surface area contributed by atoms with Crippen LogP contribution in [0.15, 0.2) is 42.6 Å². The molecule has 2 rings (SSSR count).